The summed E-state index contributed by atoms with van der Waals surface area (Å²) in [5, 5.41) is 58.2. The molecule has 103 heavy (non-hydrogen) atoms. The molecule has 0 saturated heterocycles. The summed E-state index contributed by atoms with van der Waals surface area (Å²) in [6.45, 7) is 11.0. The molecule has 0 atom stereocenters. The van der Waals surface area contributed by atoms with Crippen LogP contribution in [0, 0.1) is 41.5 Å². The first-order chi connectivity index (χ1) is 48.3. The third-order valence-corrected chi connectivity index (χ3v) is 19.0. The molecule has 0 aliphatic heterocycles. The average Bonchev–Trinajstić information content (AvgIpc) is 0.772. The van der Waals surface area contributed by atoms with Crippen molar-refractivity contribution in [3.8, 4) is 0 Å². The van der Waals surface area contributed by atoms with Crippen LogP contribution < -0.4 is 10.6 Å². The fraction of sp³-hybridized carbons (Fsp3) is 0.0857. The van der Waals surface area contributed by atoms with Crippen molar-refractivity contribution in [2.24, 2.45) is 61.4 Å². The van der Waals surface area contributed by atoms with Crippen LogP contribution in [0.3, 0.4) is 0 Å². The molecule has 33 heteroatoms. The van der Waals surface area contributed by atoms with Crippen LogP contribution in [0.5, 0.6) is 0 Å². The van der Waals surface area contributed by atoms with Crippen LogP contribution >= 0.6 is 0 Å². The van der Waals surface area contributed by atoms with Gasteiger partial charge in [-0.1, -0.05) is 12.1 Å². The van der Waals surface area contributed by atoms with Crippen LogP contribution in [-0.4, -0.2) is 93.3 Å². The zero-order chi connectivity index (χ0) is 73.0. The number of aryl methyl sites for hydroxylation is 6. The van der Waals surface area contributed by atoms with Crippen LogP contribution in [0.25, 0.3) is 21.5 Å². The van der Waals surface area contributed by atoms with Gasteiger partial charge in [0.25, 0.3) is 52.3 Å². The standard InChI is InChI=1S/C70H56N14O14S4.Na/c1-39-27-49(15-21-61(39)79-73-51-17-23-63(41(3)29-51)81-75-53-19-25-65(43(5)31-53)83-77-55-13-11-47-33-57(99(87,88)89)37-67(59(47)35-55)101(93,94)95)71-69(85)45-7-9-46(10-8-45)70(86)72-50-16-22-62(40(2)28-50)80-74-52-18-24-64(42(4)30-52)82-76-54-20-26-66(44(6)32-54)84-78-56-14-12-48-34-58(100(90,91)92)38-68(60(48)36-56)102(96,97)98;/h7-38H,1-6H3,(H,71,85)(H,72,86)(H,87,88,89)(H,90,91,92)(H,93,94,95)(H,96,97,98);. The van der Waals surface area contributed by atoms with E-state index in [1.54, 1.807) is 135 Å². The van der Waals surface area contributed by atoms with Crippen LogP contribution in [0.2, 0.25) is 0 Å². The number of amides is 2. The topological polar surface area (TPSA) is 424 Å². The Morgan fingerprint density at radius 1 is 0.282 bits per heavy atom. The largest absolute Gasteiger partial charge is 0.322 e. The van der Waals surface area contributed by atoms with E-state index in [2.05, 4.69) is 72.0 Å². The van der Waals surface area contributed by atoms with E-state index in [0.29, 0.717) is 103 Å². The Hall–Kier alpha value is -10.9. The van der Waals surface area contributed by atoms with E-state index >= 15 is 0 Å². The molecule has 1 radical (unpaired) electrons. The van der Waals surface area contributed by atoms with E-state index in [9.17, 15) is 61.5 Å². The van der Waals surface area contributed by atoms with Crippen LogP contribution in [0.15, 0.2) is 275 Å². The zero-order valence-corrected chi connectivity index (χ0v) is 60.6. The smallest absolute Gasteiger partial charge is 0.295 e. The number of benzene rings is 11. The maximum atomic E-state index is 13.3. The van der Waals surface area contributed by atoms with Gasteiger partial charge in [0, 0.05) is 62.8 Å². The van der Waals surface area contributed by atoms with Crippen molar-refractivity contribution in [2.45, 2.75) is 61.1 Å². The fourth-order valence-corrected chi connectivity index (χ4v) is 12.9. The molecule has 515 valence electrons. The number of fused-ring (bicyclic) bond motifs is 2. The van der Waals surface area contributed by atoms with Gasteiger partial charge in [-0.25, -0.2) is 0 Å². The number of carbonyl (C=O) groups is 2. The van der Waals surface area contributed by atoms with Crippen LogP contribution in [0.4, 0.5) is 79.6 Å². The molecule has 0 aliphatic carbocycles. The number of carbonyl (C=O) groups excluding carboxylic acids is 2. The summed E-state index contributed by atoms with van der Waals surface area (Å²) in [5.41, 5.74) is 11.9. The fourth-order valence-electron chi connectivity index (χ4n) is 10.2. The van der Waals surface area contributed by atoms with Gasteiger partial charge < -0.3 is 10.6 Å². The number of anilines is 2. The van der Waals surface area contributed by atoms with E-state index in [1.165, 1.54) is 36.4 Å². The summed E-state index contributed by atoms with van der Waals surface area (Å²) in [7, 11) is -19.3. The monoisotopic (exact) mass is 1470 g/mol. The molecule has 11 aromatic rings. The molecule has 0 spiro atoms. The third kappa shape index (κ3) is 18.6. The maximum absolute atomic E-state index is 13.3. The molecular weight excluding hydrogens is 1410 g/mol. The maximum Gasteiger partial charge on any atom is 0.295 e. The molecular formula is C70H56N14NaO14S4. The summed E-state index contributed by atoms with van der Waals surface area (Å²) >= 11 is 0. The Morgan fingerprint density at radius 3 is 0.767 bits per heavy atom. The van der Waals surface area contributed by atoms with Gasteiger partial charge >= 0.3 is 0 Å². The first-order valence-corrected chi connectivity index (χ1v) is 36.0. The van der Waals surface area contributed by atoms with E-state index in [4.69, 9.17) is 0 Å². The quantitative estimate of drug-likeness (QED) is 0.0235. The van der Waals surface area contributed by atoms with E-state index in [1.807, 2.05) is 39.8 Å². The normalized spacial score (nSPS) is 12.4. The van der Waals surface area contributed by atoms with E-state index in [-0.39, 0.29) is 62.5 Å². The van der Waals surface area contributed by atoms with Crippen molar-refractivity contribution >= 4 is 183 Å². The molecule has 0 bridgehead atoms. The van der Waals surface area contributed by atoms with Crippen molar-refractivity contribution in [1.29, 1.82) is 0 Å². The van der Waals surface area contributed by atoms with Crippen LogP contribution in [0.1, 0.15) is 54.1 Å². The van der Waals surface area contributed by atoms with E-state index < -0.39 is 71.9 Å². The molecule has 0 heterocycles. The minimum Gasteiger partial charge on any atom is -0.322 e. The molecule has 0 unspecified atom stereocenters. The number of hydrogen-bond donors (Lipinski definition) is 6. The molecule has 2 amide bonds. The predicted molar refractivity (Wildman–Crippen MR) is 387 cm³/mol. The SMILES string of the molecule is Cc1cc(N=Nc2ccc(NC(=O)c3ccc(C(=O)Nc4ccc(N=Nc5ccc(N=Nc6ccc(N=Nc7ccc8cc(S(=O)(=O)O)cc(S(=O)(=O)O)c8c7)c(C)c6)c(C)c5)c(C)c4)cc3)cc2C)ccc1N=Nc1ccc(N=Nc2ccc3cc(S(=O)(=O)O)cc(S(=O)(=O)O)c3c2)c(C)c1.[Na]. The minimum absolute atomic E-state index is 0. The van der Waals surface area contributed by atoms with Crippen molar-refractivity contribution < 1.29 is 61.5 Å². The van der Waals surface area contributed by atoms with Gasteiger partial charge in [0.05, 0.1) is 78.0 Å². The van der Waals surface area contributed by atoms with Gasteiger partial charge in [0.2, 0.25) is 0 Å². The minimum atomic E-state index is -4.89. The summed E-state index contributed by atoms with van der Waals surface area (Å²) in [6, 6.07) is 49.2. The molecule has 28 nitrogen and oxygen atoms in total. The number of azo groups is 6. The summed E-state index contributed by atoms with van der Waals surface area (Å²) in [4.78, 5) is 23.8. The van der Waals surface area contributed by atoms with Gasteiger partial charge in [-0.15, -0.1) is 0 Å². The Labute approximate surface area is 611 Å². The average molecular weight is 1470 g/mol. The number of nitrogens with one attached hydrogen (secondary N) is 2. The second kappa shape index (κ2) is 30.8. The Morgan fingerprint density at radius 2 is 0.524 bits per heavy atom. The Bertz CT molecular complexity index is 5620. The molecule has 0 aliphatic rings. The van der Waals surface area contributed by atoms with Crippen LogP contribution in [-0.2, 0) is 40.5 Å². The molecule has 0 aromatic heterocycles. The van der Waals surface area contributed by atoms with Gasteiger partial charge in [-0.2, -0.15) is 95.0 Å². The van der Waals surface area contributed by atoms with Gasteiger partial charge in [0.1, 0.15) is 9.79 Å². The molecule has 0 saturated carbocycles. The number of rotatable bonds is 20. The zero-order valence-electron chi connectivity index (χ0n) is 55.3. The third-order valence-electron chi connectivity index (χ3n) is 15.6. The molecule has 11 aromatic carbocycles. The van der Waals surface area contributed by atoms with Crippen molar-refractivity contribution in [3.63, 3.8) is 0 Å². The van der Waals surface area contributed by atoms with Gasteiger partial charge in [-0.3, -0.25) is 27.8 Å². The molecule has 6 N–H and O–H groups in total. The van der Waals surface area contributed by atoms with Crippen molar-refractivity contribution in [1.82, 2.24) is 0 Å². The van der Waals surface area contributed by atoms with E-state index in [0.717, 1.165) is 34.4 Å². The predicted octanol–water partition coefficient (Wildman–Crippen LogP) is 19.4. The van der Waals surface area contributed by atoms with Crippen molar-refractivity contribution in [3.05, 3.63) is 239 Å². The Balaban J connectivity index is 0.0000114. The Kier molecular flexibility index (Phi) is 22.3. The number of hydrogen-bond acceptors (Lipinski definition) is 22. The molecule has 11 rings (SSSR count). The molecule has 0 fully saturated rings. The summed E-state index contributed by atoms with van der Waals surface area (Å²) in [5.74, 6) is -0.782. The first kappa shape index (κ1) is 74.8. The second-order valence-electron chi connectivity index (χ2n) is 23.1. The van der Waals surface area contributed by atoms with Gasteiger partial charge in [0.15, 0.2) is 0 Å². The van der Waals surface area contributed by atoms with Crippen molar-refractivity contribution in [2.75, 3.05) is 10.6 Å². The first-order valence-electron chi connectivity index (χ1n) is 30.2. The summed E-state index contributed by atoms with van der Waals surface area (Å²) in [6.07, 6.45) is 0. The number of nitrogens with zero attached hydrogens (tertiary/aromatic N) is 12. The van der Waals surface area contributed by atoms with Gasteiger partial charge in [-0.05, 0) is 268 Å². The second-order valence-corrected chi connectivity index (χ2v) is 28.7. The summed E-state index contributed by atoms with van der Waals surface area (Å²) < 4.78 is 134.